The number of aromatic nitrogens is 1. The summed E-state index contributed by atoms with van der Waals surface area (Å²) >= 11 is 0. The minimum absolute atomic E-state index is 0.657. The van der Waals surface area contributed by atoms with E-state index in [0.29, 0.717) is 6.54 Å². The molecule has 1 aromatic heterocycles. The van der Waals surface area contributed by atoms with Crippen molar-refractivity contribution in [1.29, 1.82) is 0 Å². The van der Waals surface area contributed by atoms with Crippen LogP contribution in [0.4, 0.5) is 5.69 Å². The molecule has 0 bridgehead atoms. The summed E-state index contributed by atoms with van der Waals surface area (Å²) in [5, 5.41) is 3.20. The first kappa shape index (κ1) is 9.00. The van der Waals surface area contributed by atoms with E-state index in [1.54, 1.807) is 0 Å². The number of hydrogen-bond donors (Lipinski definition) is 2. The zero-order valence-corrected chi connectivity index (χ0v) is 7.38. The summed E-state index contributed by atoms with van der Waals surface area (Å²) in [6, 6.07) is 4.00. The Kier molecular flexibility index (Phi) is 3.54. The number of aryl methyl sites for hydroxylation is 1. The maximum absolute atomic E-state index is 5.37. The van der Waals surface area contributed by atoms with E-state index in [9.17, 15) is 0 Å². The molecule has 1 rings (SSSR count). The fourth-order valence-corrected chi connectivity index (χ4v) is 0.998. The largest absolute Gasteiger partial charge is 0.384 e. The van der Waals surface area contributed by atoms with Crippen LogP contribution in [0, 0.1) is 0 Å². The molecule has 3 nitrogen and oxygen atoms in total. The zero-order valence-electron chi connectivity index (χ0n) is 7.38. The highest BCUT2D eigenvalue weighted by atomic mass is 14.9. The molecule has 1 aromatic rings. The number of nitrogens with one attached hydrogen (secondary N) is 1. The molecule has 0 aliphatic heterocycles. The van der Waals surface area contributed by atoms with Gasteiger partial charge in [0.2, 0.25) is 0 Å². The van der Waals surface area contributed by atoms with Gasteiger partial charge in [0.1, 0.15) is 0 Å². The molecule has 3 heteroatoms. The van der Waals surface area contributed by atoms with Gasteiger partial charge in [0, 0.05) is 30.7 Å². The summed E-state index contributed by atoms with van der Waals surface area (Å²) in [5.74, 6) is 0. The Balaban J connectivity index is 2.60. The summed E-state index contributed by atoms with van der Waals surface area (Å²) in [7, 11) is 0. The van der Waals surface area contributed by atoms with Crippen LogP contribution in [0.1, 0.15) is 12.6 Å². The van der Waals surface area contributed by atoms with Crippen LogP contribution in [0.15, 0.2) is 18.3 Å². The van der Waals surface area contributed by atoms with Crippen molar-refractivity contribution in [3.63, 3.8) is 0 Å². The van der Waals surface area contributed by atoms with Crippen molar-refractivity contribution in [2.45, 2.75) is 13.3 Å². The number of nitrogens with two attached hydrogens (primary N) is 1. The fraction of sp³-hybridized carbons (Fsp3) is 0.444. The molecule has 66 valence electrons. The smallest absolute Gasteiger partial charge is 0.0421 e. The molecule has 0 fully saturated rings. The molecule has 0 radical (unpaired) electrons. The van der Waals surface area contributed by atoms with Crippen molar-refractivity contribution in [2.24, 2.45) is 5.73 Å². The van der Waals surface area contributed by atoms with Crippen LogP contribution < -0.4 is 11.1 Å². The maximum atomic E-state index is 5.37. The molecule has 0 spiro atoms. The van der Waals surface area contributed by atoms with Crippen LogP contribution in [0.3, 0.4) is 0 Å². The standard InChI is InChI=1S/C9H15N3/c1-2-8-7-9(3-5-11-8)12-6-4-10/h3,5,7H,2,4,6,10H2,1H3,(H,11,12). The van der Waals surface area contributed by atoms with E-state index in [1.165, 1.54) is 0 Å². The minimum Gasteiger partial charge on any atom is -0.384 e. The summed E-state index contributed by atoms with van der Waals surface area (Å²) in [5.41, 5.74) is 7.58. The molecule has 1 heterocycles. The zero-order chi connectivity index (χ0) is 8.81. The molecule has 0 aliphatic rings. The van der Waals surface area contributed by atoms with E-state index >= 15 is 0 Å². The predicted octanol–water partition coefficient (Wildman–Crippen LogP) is 1.01. The number of nitrogens with zero attached hydrogens (tertiary/aromatic N) is 1. The second-order valence-corrected chi connectivity index (χ2v) is 2.60. The van der Waals surface area contributed by atoms with Gasteiger partial charge in [0.15, 0.2) is 0 Å². The van der Waals surface area contributed by atoms with Crippen molar-refractivity contribution in [1.82, 2.24) is 4.98 Å². The first-order valence-corrected chi connectivity index (χ1v) is 4.25. The Labute approximate surface area is 73.0 Å². The molecular weight excluding hydrogens is 150 g/mol. The van der Waals surface area contributed by atoms with Crippen molar-refractivity contribution >= 4 is 5.69 Å². The van der Waals surface area contributed by atoms with Crippen LogP contribution in [0.5, 0.6) is 0 Å². The van der Waals surface area contributed by atoms with Gasteiger partial charge in [-0.3, -0.25) is 4.98 Å². The van der Waals surface area contributed by atoms with Crippen molar-refractivity contribution < 1.29 is 0 Å². The van der Waals surface area contributed by atoms with Gasteiger partial charge in [-0.15, -0.1) is 0 Å². The lowest BCUT2D eigenvalue weighted by Crippen LogP contribution is -2.13. The van der Waals surface area contributed by atoms with Gasteiger partial charge in [0.25, 0.3) is 0 Å². The second kappa shape index (κ2) is 4.72. The van der Waals surface area contributed by atoms with E-state index in [1.807, 2.05) is 12.3 Å². The summed E-state index contributed by atoms with van der Waals surface area (Å²) in [6.07, 6.45) is 2.79. The highest BCUT2D eigenvalue weighted by molar-refractivity contribution is 5.43. The van der Waals surface area contributed by atoms with E-state index in [2.05, 4.69) is 23.3 Å². The molecule has 3 N–H and O–H groups in total. The van der Waals surface area contributed by atoms with Crippen molar-refractivity contribution in [3.8, 4) is 0 Å². The van der Waals surface area contributed by atoms with Crippen LogP contribution in [0.2, 0.25) is 0 Å². The fourth-order valence-electron chi connectivity index (χ4n) is 0.998. The normalized spacial score (nSPS) is 9.83. The number of rotatable bonds is 4. The average molecular weight is 165 g/mol. The number of pyridine rings is 1. The quantitative estimate of drug-likeness (QED) is 0.700. The van der Waals surface area contributed by atoms with Gasteiger partial charge in [-0.05, 0) is 18.6 Å². The molecule has 0 amide bonds. The van der Waals surface area contributed by atoms with E-state index in [4.69, 9.17) is 5.73 Å². The van der Waals surface area contributed by atoms with E-state index in [-0.39, 0.29) is 0 Å². The number of hydrogen-bond acceptors (Lipinski definition) is 3. The molecule has 0 aliphatic carbocycles. The topological polar surface area (TPSA) is 50.9 Å². The lowest BCUT2D eigenvalue weighted by atomic mass is 10.2. The Morgan fingerprint density at radius 1 is 1.58 bits per heavy atom. The predicted molar refractivity (Wildman–Crippen MR) is 51.2 cm³/mol. The first-order chi connectivity index (χ1) is 5.86. The van der Waals surface area contributed by atoms with Gasteiger partial charge in [0.05, 0.1) is 0 Å². The van der Waals surface area contributed by atoms with Crippen LogP contribution >= 0.6 is 0 Å². The Morgan fingerprint density at radius 3 is 3.08 bits per heavy atom. The molecule has 0 saturated heterocycles. The third-order valence-corrected chi connectivity index (χ3v) is 1.65. The van der Waals surface area contributed by atoms with Gasteiger partial charge in [-0.25, -0.2) is 0 Å². The Morgan fingerprint density at radius 2 is 2.42 bits per heavy atom. The van der Waals surface area contributed by atoms with E-state index < -0.39 is 0 Å². The maximum Gasteiger partial charge on any atom is 0.0421 e. The second-order valence-electron chi connectivity index (χ2n) is 2.60. The molecule has 0 saturated carbocycles. The van der Waals surface area contributed by atoms with Crippen LogP contribution in [0.25, 0.3) is 0 Å². The minimum atomic E-state index is 0.657. The summed E-state index contributed by atoms with van der Waals surface area (Å²) in [4.78, 5) is 4.19. The summed E-state index contributed by atoms with van der Waals surface area (Å²) < 4.78 is 0. The summed E-state index contributed by atoms with van der Waals surface area (Å²) in [6.45, 7) is 3.56. The van der Waals surface area contributed by atoms with Gasteiger partial charge in [-0.2, -0.15) is 0 Å². The third-order valence-electron chi connectivity index (χ3n) is 1.65. The molecular formula is C9H15N3. The highest BCUT2D eigenvalue weighted by Gasteiger charge is 1.92. The molecule has 0 atom stereocenters. The Hall–Kier alpha value is -1.09. The van der Waals surface area contributed by atoms with Gasteiger partial charge >= 0.3 is 0 Å². The monoisotopic (exact) mass is 165 g/mol. The number of anilines is 1. The Bertz CT molecular complexity index is 235. The van der Waals surface area contributed by atoms with Crippen LogP contribution in [-0.4, -0.2) is 18.1 Å². The van der Waals surface area contributed by atoms with E-state index in [0.717, 1.165) is 24.3 Å². The lowest BCUT2D eigenvalue weighted by molar-refractivity contribution is 1.01. The van der Waals surface area contributed by atoms with Crippen molar-refractivity contribution in [2.75, 3.05) is 18.4 Å². The van der Waals surface area contributed by atoms with Crippen molar-refractivity contribution in [3.05, 3.63) is 24.0 Å². The molecule has 0 unspecified atom stereocenters. The third kappa shape index (κ3) is 2.51. The van der Waals surface area contributed by atoms with Gasteiger partial charge in [-0.1, -0.05) is 6.92 Å². The molecule has 0 aromatic carbocycles. The van der Waals surface area contributed by atoms with Gasteiger partial charge < -0.3 is 11.1 Å². The van der Waals surface area contributed by atoms with Crippen LogP contribution in [-0.2, 0) is 6.42 Å². The SMILES string of the molecule is CCc1cc(NCCN)ccn1. The molecule has 12 heavy (non-hydrogen) atoms. The highest BCUT2D eigenvalue weighted by Crippen LogP contribution is 2.07. The first-order valence-electron chi connectivity index (χ1n) is 4.25. The average Bonchev–Trinajstić information content (AvgIpc) is 2.15. The lowest BCUT2D eigenvalue weighted by Gasteiger charge is -2.04.